The van der Waals surface area contributed by atoms with E-state index in [0.717, 1.165) is 36.4 Å². The number of benzene rings is 3. The highest BCUT2D eigenvalue weighted by Crippen LogP contribution is 2.46. The first kappa shape index (κ1) is 47.3. The van der Waals surface area contributed by atoms with Crippen LogP contribution in [0.5, 0.6) is 34.5 Å². The van der Waals surface area contributed by atoms with Crippen molar-refractivity contribution in [3.8, 4) is 57.1 Å². The lowest BCUT2D eigenvalue weighted by molar-refractivity contribution is -0.319. The number of hydrogen-bond donors (Lipinski definition) is 13. The number of esters is 1. The number of rotatable bonds is 12. The van der Waals surface area contributed by atoms with Crippen LogP contribution >= 0.6 is 0 Å². The van der Waals surface area contributed by atoms with Crippen LogP contribution in [-0.2, 0) is 28.5 Å². The Morgan fingerprint density at radius 3 is 1.89 bits per heavy atom. The number of phenols is 4. The highest BCUT2D eigenvalue weighted by Gasteiger charge is 2.49. The molecule has 0 spiro atoms. The van der Waals surface area contributed by atoms with Gasteiger partial charge in [0.25, 0.3) is 0 Å². The summed E-state index contributed by atoms with van der Waals surface area (Å²) in [6.45, 7) is -0.0905. The van der Waals surface area contributed by atoms with E-state index in [1.807, 2.05) is 0 Å². The third-order valence-electron chi connectivity index (χ3n) is 10.9. The number of aliphatic hydroxyl groups excluding tert-OH is 9. The Kier molecular flexibility index (Phi) is 14.2. The lowest BCUT2D eigenvalue weighted by atomic mass is 9.98. The largest absolute Gasteiger partial charge is 0.508 e. The van der Waals surface area contributed by atoms with Crippen LogP contribution in [0.1, 0.15) is 12.5 Å². The second kappa shape index (κ2) is 19.4. The Morgan fingerprint density at radius 1 is 0.677 bits per heavy atom. The molecule has 0 aromatic heterocycles. The average molecular weight is 919 g/mol. The van der Waals surface area contributed by atoms with Gasteiger partial charge < -0.3 is 104 Å². The second-order valence-corrected chi connectivity index (χ2v) is 15.4. The minimum atomic E-state index is -2.04. The van der Waals surface area contributed by atoms with Crippen molar-refractivity contribution in [1.82, 2.24) is 0 Å². The lowest BCUT2D eigenvalue weighted by Crippen LogP contribution is -2.62. The molecular weight excluding hydrogens is 872 g/mol. The molecule has 2 aromatic rings. The molecule has 4 heterocycles. The van der Waals surface area contributed by atoms with Crippen molar-refractivity contribution < 1.29 is 109 Å². The molecule has 0 unspecified atom stereocenters. The number of ether oxygens (including phenoxy) is 7. The molecule has 13 N–H and O–H groups in total. The SMILES string of the molecule is C[C@@H]1O[C@H](OC[C@H]2O[C@@H](Oc3cc4c(O[C@@H]5O[C@H](CO)[C@@H](O)[C@H](O)[C@H]5O)cc(=O)cc-4oc3-c3cc(O)c(O)c(O)c3)[C@H](O)[C@@H](O)[C@@H]2O)[C@H](O)[C@H](O)[C@H]1OC(=O)C=Cc1ccc(O)cc1. The van der Waals surface area contributed by atoms with Gasteiger partial charge in [-0.1, -0.05) is 12.1 Å². The van der Waals surface area contributed by atoms with Gasteiger partial charge in [-0.25, -0.2) is 4.79 Å². The van der Waals surface area contributed by atoms with E-state index in [9.17, 15) is 76.0 Å². The third-order valence-corrected chi connectivity index (χ3v) is 10.9. The fourth-order valence-corrected chi connectivity index (χ4v) is 7.27. The summed E-state index contributed by atoms with van der Waals surface area (Å²) in [7, 11) is 0. The van der Waals surface area contributed by atoms with Crippen molar-refractivity contribution in [1.29, 1.82) is 0 Å². The van der Waals surface area contributed by atoms with E-state index < -0.39 is 145 Å². The molecule has 5 aliphatic rings. The van der Waals surface area contributed by atoms with E-state index in [2.05, 4.69) is 0 Å². The van der Waals surface area contributed by atoms with Gasteiger partial charge in [0.05, 0.1) is 24.9 Å². The van der Waals surface area contributed by atoms with Crippen molar-refractivity contribution in [2.75, 3.05) is 13.2 Å². The van der Waals surface area contributed by atoms with Gasteiger partial charge in [-0.05, 0) is 48.9 Å². The van der Waals surface area contributed by atoms with Gasteiger partial charge in [-0.3, -0.25) is 4.79 Å². The molecule has 0 amide bonds. The maximum atomic E-state index is 12.9. The van der Waals surface area contributed by atoms with Crippen LogP contribution in [0.25, 0.3) is 28.7 Å². The van der Waals surface area contributed by atoms with Crippen molar-refractivity contribution in [2.45, 2.75) is 99.0 Å². The number of fused-ring (bicyclic) bond motifs is 1. The maximum Gasteiger partial charge on any atom is 0.331 e. The highest BCUT2D eigenvalue weighted by molar-refractivity contribution is 5.87. The van der Waals surface area contributed by atoms with Crippen LogP contribution in [0.3, 0.4) is 0 Å². The lowest BCUT2D eigenvalue weighted by Gasteiger charge is -2.43. The molecule has 0 bridgehead atoms. The van der Waals surface area contributed by atoms with E-state index in [-0.39, 0.29) is 28.4 Å². The average Bonchev–Trinajstić information content (AvgIpc) is 3.27. The summed E-state index contributed by atoms with van der Waals surface area (Å²) in [6.07, 6.45) is -23.4. The first-order valence-corrected chi connectivity index (χ1v) is 19.9. The zero-order valence-corrected chi connectivity index (χ0v) is 33.8. The minimum absolute atomic E-state index is 0.0178. The van der Waals surface area contributed by atoms with Crippen LogP contribution in [0.2, 0.25) is 0 Å². The Morgan fingerprint density at radius 2 is 1.26 bits per heavy atom. The molecule has 0 saturated carbocycles. The molecular formula is C42H46O23. The normalized spacial score (nSPS) is 32.9. The molecule has 352 valence electrons. The molecule has 15 atom stereocenters. The Bertz CT molecular complexity index is 2330. The zero-order valence-electron chi connectivity index (χ0n) is 33.8. The highest BCUT2D eigenvalue weighted by atomic mass is 16.7. The smallest absolute Gasteiger partial charge is 0.331 e. The Labute approximate surface area is 366 Å². The van der Waals surface area contributed by atoms with E-state index in [1.54, 1.807) is 0 Å². The first-order chi connectivity index (χ1) is 30.8. The van der Waals surface area contributed by atoms with Gasteiger partial charge >= 0.3 is 5.97 Å². The van der Waals surface area contributed by atoms with Crippen LogP contribution in [-0.4, -0.2) is 178 Å². The van der Waals surface area contributed by atoms with Crippen LogP contribution in [0.15, 0.2) is 69.9 Å². The van der Waals surface area contributed by atoms with Gasteiger partial charge in [0.15, 0.2) is 46.6 Å². The molecule has 23 heteroatoms. The van der Waals surface area contributed by atoms with Crippen molar-refractivity contribution >= 4 is 12.0 Å². The standard InChI is InChI=1S/C42H46O23/c1-15-38(65-28(48)7-4-16-2-5-18(44)6-3-16)34(54)37(57)40(59-15)58-14-27-31(51)33(53)36(56)42(64-27)62-25-12-20-23(60-39(25)17-8-21(46)29(49)22(47)9-17)10-19(45)11-24(20)61-41-35(55)32(52)30(50)26(13-43)63-41/h2-12,15,26-27,30-38,40-44,46-47,49-57H,13-14H2,1H3/t15-,26+,27+,30+,31+,32-,33-,34-,35+,36+,37+,38-,40-,41+,42+/m0/s1. The number of carbonyl (C=O) groups is 1. The zero-order chi connectivity index (χ0) is 47.0. The van der Waals surface area contributed by atoms with Crippen LogP contribution in [0, 0.1) is 0 Å². The Balaban J connectivity index is 1.12. The van der Waals surface area contributed by atoms with Crippen molar-refractivity contribution in [3.05, 3.63) is 76.5 Å². The molecule has 4 aliphatic heterocycles. The number of aliphatic hydroxyl groups is 9. The van der Waals surface area contributed by atoms with E-state index in [1.165, 1.54) is 37.3 Å². The molecule has 0 radical (unpaired) electrons. The Hall–Kier alpha value is -5.64. The fourth-order valence-electron chi connectivity index (χ4n) is 7.27. The summed E-state index contributed by atoms with van der Waals surface area (Å²) in [5.41, 5.74) is -0.529. The van der Waals surface area contributed by atoms with Gasteiger partial charge in [0.1, 0.15) is 78.3 Å². The number of carbonyl (C=O) groups excluding carboxylic acids is 1. The summed E-state index contributed by atoms with van der Waals surface area (Å²) in [5, 5.41) is 136. The summed E-state index contributed by atoms with van der Waals surface area (Å²) in [5.74, 6) is -4.99. The molecule has 3 fully saturated rings. The molecule has 23 nitrogen and oxygen atoms in total. The second-order valence-electron chi connectivity index (χ2n) is 15.4. The number of phenolic OH excluding ortho intramolecular Hbond substituents is 4. The topological polar surface area (TPSA) is 375 Å². The van der Waals surface area contributed by atoms with E-state index in [0.29, 0.717) is 5.56 Å². The van der Waals surface area contributed by atoms with E-state index in [4.69, 9.17) is 37.6 Å². The third kappa shape index (κ3) is 9.97. The molecule has 3 saturated heterocycles. The van der Waals surface area contributed by atoms with Crippen LogP contribution in [0.4, 0.5) is 0 Å². The molecule has 1 aliphatic carbocycles. The predicted molar refractivity (Wildman–Crippen MR) is 213 cm³/mol. The van der Waals surface area contributed by atoms with Gasteiger partial charge in [-0.15, -0.1) is 0 Å². The maximum absolute atomic E-state index is 12.9. The number of hydrogen-bond acceptors (Lipinski definition) is 23. The van der Waals surface area contributed by atoms with E-state index >= 15 is 0 Å². The minimum Gasteiger partial charge on any atom is -0.508 e. The fraction of sp³-hybridized carbons (Fsp3) is 0.429. The molecule has 2 aromatic carbocycles. The molecule has 65 heavy (non-hydrogen) atoms. The summed E-state index contributed by atoms with van der Waals surface area (Å²) >= 11 is 0. The molecule has 7 rings (SSSR count). The first-order valence-electron chi connectivity index (χ1n) is 19.9. The van der Waals surface area contributed by atoms with Gasteiger partial charge in [0, 0.05) is 23.8 Å². The van der Waals surface area contributed by atoms with Crippen molar-refractivity contribution in [3.63, 3.8) is 0 Å². The summed E-state index contributed by atoms with van der Waals surface area (Å²) in [6, 6.07) is 10.8. The predicted octanol–water partition coefficient (Wildman–Crippen LogP) is -2.29. The summed E-state index contributed by atoms with van der Waals surface area (Å²) in [4.78, 5) is 25.4. The number of aromatic hydroxyl groups is 4. The quantitative estimate of drug-likeness (QED) is 0.0404. The summed E-state index contributed by atoms with van der Waals surface area (Å²) < 4.78 is 45.7. The monoisotopic (exact) mass is 918 g/mol. The van der Waals surface area contributed by atoms with Gasteiger partial charge in [0.2, 0.25) is 12.6 Å². The van der Waals surface area contributed by atoms with Crippen molar-refractivity contribution in [2.24, 2.45) is 0 Å². The van der Waals surface area contributed by atoms with Crippen LogP contribution < -0.4 is 14.9 Å². The van der Waals surface area contributed by atoms with Gasteiger partial charge in [-0.2, -0.15) is 0 Å².